The van der Waals surface area contributed by atoms with E-state index in [1.165, 1.54) is 12.1 Å². The van der Waals surface area contributed by atoms with Crippen LogP contribution in [0.15, 0.2) is 34.8 Å². The van der Waals surface area contributed by atoms with Gasteiger partial charge in [0, 0.05) is 4.47 Å². The largest absolute Gasteiger partial charge is 0.271 e. The van der Waals surface area contributed by atoms with Gasteiger partial charge in [-0.05, 0) is 30.7 Å². The van der Waals surface area contributed by atoms with Crippen LogP contribution in [0.2, 0.25) is 0 Å². The Hall–Kier alpha value is -0.710. The number of nitrogens with one attached hydrogen (secondary N) is 1. The molecule has 1 aromatic carbocycles. The Bertz CT molecular complexity index is 352. The van der Waals surface area contributed by atoms with E-state index in [9.17, 15) is 4.39 Å². The van der Waals surface area contributed by atoms with Crippen molar-refractivity contribution in [2.45, 2.75) is 13.0 Å². The molecule has 0 spiro atoms. The summed E-state index contributed by atoms with van der Waals surface area (Å²) >= 11 is 3.34. The van der Waals surface area contributed by atoms with Crippen molar-refractivity contribution < 1.29 is 4.39 Å². The minimum Gasteiger partial charge on any atom is -0.271 e. The van der Waals surface area contributed by atoms with Crippen molar-refractivity contribution in [3.8, 4) is 0 Å². The predicted molar refractivity (Wildman–Crippen MR) is 59.0 cm³/mol. The molecular formula is C10H12BrFN2. The van der Waals surface area contributed by atoms with E-state index in [-0.39, 0.29) is 11.9 Å². The number of halogens is 2. The third-order valence-electron chi connectivity index (χ3n) is 1.93. The highest BCUT2D eigenvalue weighted by Crippen LogP contribution is 2.27. The van der Waals surface area contributed by atoms with Crippen LogP contribution >= 0.6 is 15.9 Å². The number of rotatable bonds is 3. The number of benzene rings is 1. The molecule has 0 heterocycles. The van der Waals surface area contributed by atoms with Crippen LogP contribution < -0.4 is 11.3 Å². The molecule has 0 fully saturated rings. The molecule has 0 aliphatic carbocycles. The van der Waals surface area contributed by atoms with Crippen molar-refractivity contribution in [1.82, 2.24) is 5.43 Å². The minimum atomic E-state index is -0.287. The van der Waals surface area contributed by atoms with Crippen molar-refractivity contribution >= 4 is 15.9 Å². The van der Waals surface area contributed by atoms with Gasteiger partial charge in [0.2, 0.25) is 0 Å². The molecule has 1 atom stereocenters. The van der Waals surface area contributed by atoms with Gasteiger partial charge >= 0.3 is 0 Å². The molecule has 14 heavy (non-hydrogen) atoms. The number of nitrogens with two attached hydrogens (primary N) is 1. The Balaban J connectivity index is 3.15. The summed E-state index contributed by atoms with van der Waals surface area (Å²) < 4.78 is 13.8. The Kier molecular flexibility index (Phi) is 3.80. The van der Waals surface area contributed by atoms with Gasteiger partial charge in [-0.2, -0.15) is 0 Å². The molecular weight excluding hydrogens is 247 g/mol. The smallest absolute Gasteiger partial charge is 0.123 e. The predicted octanol–water partition coefficient (Wildman–Crippen LogP) is 2.67. The van der Waals surface area contributed by atoms with E-state index in [0.29, 0.717) is 0 Å². The zero-order chi connectivity index (χ0) is 10.7. The molecule has 0 amide bonds. The van der Waals surface area contributed by atoms with Gasteiger partial charge in [-0.3, -0.25) is 5.84 Å². The summed E-state index contributed by atoms with van der Waals surface area (Å²) in [6, 6.07) is 4.24. The second-order valence-corrected chi connectivity index (χ2v) is 3.97. The third-order valence-corrected chi connectivity index (χ3v) is 2.65. The molecule has 0 aromatic heterocycles. The summed E-state index contributed by atoms with van der Waals surface area (Å²) in [5.74, 6) is 5.08. The SMILES string of the molecule is C=C(C)C(NN)c1cc(F)ccc1Br. The highest BCUT2D eigenvalue weighted by Gasteiger charge is 2.14. The zero-order valence-corrected chi connectivity index (χ0v) is 9.44. The normalized spacial score (nSPS) is 12.6. The van der Waals surface area contributed by atoms with E-state index in [1.54, 1.807) is 6.07 Å². The van der Waals surface area contributed by atoms with Gasteiger partial charge in [-0.1, -0.05) is 28.1 Å². The second-order valence-electron chi connectivity index (χ2n) is 3.11. The lowest BCUT2D eigenvalue weighted by molar-refractivity contribution is 0.599. The summed E-state index contributed by atoms with van der Waals surface area (Å²) in [6.07, 6.45) is 0. The quantitative estimate of drug-likeness (QED) is 0.497. The van der Waals surface area contributed by atoms with E-state index < -0.39 is 0 Å². The van der Waals surface area contributed by atoms with E-state index in [1.807, 2.05) is 6.92 Å². The van der Waals surface area contributed by atoms with Crippen molar-refractivity contribution in [2.24, 2.45) is 5.84 Å². The summed E-state index contributed by atoms with van der Waals surface area (Å²) in [4.78, 5) is 0. The molecule has 2 nitrogen and oxygen atoms in total. The van der Waals surface area contributed by atoms with Gasteiger partial charge < -0.3 is 0 Å². The van der Waals surface area contributed by atoms with Crippen LogP contribution in [0.1, 0.15) is 18.5 Å². The summed E-state index contributed by atoms with van der Waals surface area (Å²) in [7, 11) is 0. The first-order valence-electron chi connectivity index (χ1n) is 4.12. The Morgan fingerprint density at radius 1 is 1.64 bits per heavy atom. The van der Waals surface area contributed by atoms with Crippen molar-refractivity contribution in [3.63, 3.8) is 0 Å². The second kappa shape index (κ2) is 4.68. The lowest BCUT2D eigenvalue weighted by atomic mass is 10.0. The first kappa shape index (κ1) is 11.4. The van der Waals surface area contributed by atoms with Gasteiger partial charge in [-0.25, -0.2) is 9.82 Å². The van der Waals surface area contributed by atoms with Gasteiger partial charge in [0.15, 0.2) is 0 Å². The van der Waals surface area contributed by atoms with Crippen LogP contribution in [0.3, 0.4) is 0 Å². The molecule has 4 heteroatoms. The first-order chi connectivity index (χ1) is 6.56. The van der Waals surface area contributed by atoms with Gasteiger partial charge in [-0.15, -0.1) is 0 Å². The highest BCUT2D eigenvalue weighted by atomic mass is 79.9. The average molecular weight is 259 g/mol. The van der Waals surface area contributed by atoms with E-state index in [4.69, 9.17) is 5.84 Å². The van der Waals surface area contributed by atoms with Crippen LogP contribution in [0, 0.1) is 5.82 Å². The molecule has 1 unspecified atom stereocenters. The van der Waals surface area contributed by atoms with Crippen molar-refractivity contribution in [3.05, 3.63) is 46.2 Å². The van der Waals surface area contributed by atoms with E-state index in [0.717, 1.165) is 15.6 Å². The van der Waals surface area contributed by atoms with E-state index >= 15 is 0 Å². The molecule has 0 radical (unpaired) electrons. The van der Waals surface area contributed by atoms with Gasteiger partial charge in [0.25, 0.3) is 0 Å². The molecule has 0 saturated heterocycles. The molecule has 0 saturated carbocycles. The fourth-order valence-electron chi connectivity index (χ4n) is 1.23. The Morgan fingerprint density at radius 3 is 2.79 bits per heavy atom. The lowest BCUT2D eigenvalue weighted by Gasteiger charge is -2.17. The number of hydrogen-bond acceptors (Lipinski definition) is 2. The number of hydrazine groups is 1. The fourth-order valence-corrected chi connectivity index (χ4v) is 1.71. The molecule has 1 rings (SSSR count). The standard InChI is InChI=1S/C10H12BrFN2/c1-6(2)10(14-13)8-5-7(12)3-4-9(8)11/h3-5,10,14H,1,13H2,2H3. The summed E-state index contributed by atoms with van der Waals surface area (Å²) in [6.45, 7) is 5.62. The highest BCUT2D eigenvalue weighted by molar-refractivity contribution is 9.10. The Labute approximate surface area is 91.1 Å². The van der Waals surface area contributed by atoms with Crippen molar-refractivity contribution in [1.29, 1.82) is 0 Å². The van der Waals surface area contributed by atoms with Crippen LogP contribution in [0.4, 0.5) is 4.39 Å². The fraction of sp³-hybridized carbons (Fsp3) is 0.200. The summed E-state index contributed by atoms with van der Waals surface area (Å²) in [5.41, 5.74) is 4.17. The minimum absolute atomic E-state index is 0.236. The monoisotopic (exact) mass is 258 g/mol. The van der Waals surface area contributed by atoms with Crippen LogP contribution in [-0.4, -0.2) is 0 Å². The van der Waals surface area contributed by atoms with Gasteiger partial charge in [0.05, 0.1) is 6.04 Å². The molecule has 1 aromatic rings. The average Bonchev–Trinajstić information content (AvgIpc) is 2.11. The maximum absolute atomic E-state index is 13.0. The van der Waals surface area contributed by atoms with Gasteiger partial charge in [0.1, 0.15) is 5.82 Å². The molecule has 0 aliphatic heterocycles. The summed E-state index contributed by atoms with van der Waals surface area (Å²) in [5, 5.41) is 0. The van der Waals surface area contributed by atoms with Crippen LogP contribution in [0.5, 0.6) is 0 Å². The molecule has 3 N–H and O–H groups in total. The Morgan fingerprint density at radius 2 is 2.29 bits per heavy atom. The number of hydrogen-bond donors (Lipinski definition) is 2. The molecule has 0 aliphatic rings. The first-order valence-corrected chi connectivity index (χ1v) is 4.92. The van der Waals surface area contributed by atoms with Crippen LogP contribution in [-0.2, 0) is 0 Å². The zero-order valence-electron chi connectivity index (χ0n) is 7.85. The maximum atomic E-state index is 13.0. The lowest BCUT2D eigenvalue weighted by Crippen LogP contribution is -2.28. The maximum Gasteiger partial charge on any atom is 0.123 e. The molecule has 0 bridgehead atoms. The van der Waals surface area contributed by atoms with Crippen LogP contribution in [0.25, 0.3) is 0 Å². The van der Waals surface area contributed by atoms with Crippen molar-refractivity contribution in [2.75, 3.05) is 0 Å². The van der Waals surface area contributed by atoms with E-state index in [2.05, 4.69) is 27.9 Å². The third kappa shape index (κ3) is 2.41. The molecule has 76 valence electrons. The topological polar surface area (TPSA) is 38.0 Å².